The number of benzene rings is 1. The number of hydrogen-bond acceptors (Lipinski definition) is 4. The number of nitrogens with one attached hydrogen (secondary N) is 1. The van der Waals surface area contributed by atoms with Crippen molar-refractivity contribution in [3.8, 4) is 0 Å². The summed E-state index contributed by atoms with van der Waals surface area (Å²) < 4.78 is 26.7. The smallest absolute Gasteiger partial charge is 0.317 e. The Bertz CT molecular complexity index is 529. The number of carbonyl (C=O) groups is 3. The largest absolute Gasteiger partial charge is 0.480 e. The molecule has 0 aliphatic carbocycles. The van der Waals surface area contributed by atoms with Crippen LogP contribution in [0.4, 0.5) is 14.5 Å². The molecule has 0 radical (unpaired) electrons. The van der Waals surface area contributed by atoms with Crippen molar-refractivity contribution >= 4 is 23.5 Å². The third-order valence-corrected chi connectivity index (χ3v) is 2.33. The number of aliphatic carboxylic acids is 1. The van der Waals surface area contributed by atoms with Crippen LogP contribution in [0.1, 0.15) is 0 Å². The number of anilines is 1. The number of hydrogen-bond donors (Lipinski definition) is 3. The highest BCUT2D eigenvalue weighted by molar-refractivity contribution is 5.93. The number of amides is 2. The second kappa shape index (κ2) is 7.29. The number of nitrogens with two attached hydrogens (primary N) is 1. The second-order valence-corrected chi connectivity index (χ2v) is 4.15. The maximum absolute atomic E-state index is 13.3. The van der Waals surface area contributed by atoms with Gasteiger partial charge in [-0.15, -0.1) is 0 Å². The molecule has 4 N–H and O–H groups in total. The molecule has 1 rings (SSSR count). The van der Waals surface area contributed by atoms with Crippen LogP contribution in [0, 0.1) is 11.6 Å². The quantitative estimate of drug-likeness (QED) is 0.644. The SMILES string of the molecule is NC(=O)CN(CC(=O)O)CC(=O)Nc1c(F)cccc1F. The minimum absolute atomic E-state index is 0.473. The van der Waals surface area contributed by atoms with Crippen LogP contribution >= 0.6 is 0 Å². The zero-order chi connectivity index (χ0) is 16.0. The number of rotatable bonds is 7. The highest BCUT2D eigenvalue weighted by Gasteiger charge is 2.18. The molecule has 7 nitrogen and oxygen atoms in total. The molecule has 0 saturated carbocycles. The molecule has 0 aliphatic rings. The molecule has 1 aromatic rings. The maximum Gasteiger partial charge on any atom is 0.317 e. The summed E-state index contributed by atoms with van der Waals surface area (Å²) in [5, 5.41) is 10.6. The molecule has 1 aromatic carbocycles. The van der Waals surface area contributed by atoms with E-state index in [4.69, 9.17) is 10.8 Å². The van der Waals surface area contributed by atoms with Crippen molar-refractivity contribution in [2.24, 2.45) is 5.73 Å². The van der Waals surface area contributed by atoms with E-state index in [0.717, 1.165) is 23.1 Å². The molecule has 0 saturated heterocycles. The van der Waals surface area contributed by atoms with Gasteiger partial charge in [-0.2, -0.15) is 0 Å². The Morgan fingerprint density at radius 2 is 1.71 bits per heavy atom. The highest BCUT2D eigenvalue weighted by Crippen LogP contribution is 2.17. The van der Waals surface area contributed by atoms with E-state index in [-0.39, 0.29) is 0 Å². The van der Waals surface area contributed by atoms with E-state index in [2.05, 4.69) is 0 Å². The van der Waals surface area contributed by atoms with Gasteiger partial charge in [-0.3, -0.25) is 19.3 Å². The lowest BCUT2D eigenvalue weighted by Gasteiger charge is -2.18. The monoisotopic (exact) mass is 301 g/mol. The van der Waals surface area contributed by atoms with Gasteiger partial charge < -0.3 is 16.2 Å². The van der Waals surface area contributed by atoms with Crippen LogP contribution in [0.15, 0.2) is 18.2 Å². The Hall–Kier alpha value is -2.55. The first-order valence-corrected chi connectivity index (χ1v) is 5.76. The first-order valence-electron chi connectivity index (χ1n) is 5.76. The van der Waals surface area contributed by atoms with Crippen LogP contribution in [0.2, 0.25) is 0 Å². The zero-order valence-corrected chi connectivity index (χ0v) is 10.8. The fraction of sp³-hybridized carbons (Fsp3) is 0.250. The van der Waals surface area contributed by atoms with Gasteiger partial charge in [0.15, 0.2) is 0 Å². The van der Waals surface area contributed by atoms with Gasteiger partial charge in [-0.25, -0.2) is 8.78 Å². The molecule has 0 bridgehead atoms. The highest BCUT2D eigenvalue weighted by atomic mass is 19.1. The van der Waals surface area contributed by atoms with Gasteiger partial charge in [0, 0.05) is 0 Å². The van der Waals surface area contributed by atoms with Crippen LogP contribution in [-0.2, 0) is 14.4 Å². The fourth-order valence-electron chi connectivity index (χ4n) is 1.58. The first kappa shape index (κ1) is 16.5. The van der Waals surface area contributed by atoms with E-state index in [1.807, 2.05) is 5.32 Å². The second-order valence-electron chi connectivity index (χ2n) is 4.15. The zero-order valence-electron chi connectivity index (χ0n) is 10.8. The van der Waals surface area contributed by atoms with E-state index >= 15 is 0 Å². The lowest BCUT2D eigenvalue weighted by molar-refractivity contribution is -0.138. The summed E-state index contributed by atoms with van der Waals surface area (Å²) in [5.41, 5.74) is 4.28. The summed E-state index contributed by atoms with van der Waals surface area (Å²) in [6.07, 6.45) is 0. The van der Waals surface area contributed by atoms with Crippen molar-refractivity contribution in [3.63, 3.8) is 0 Å². The molecule has 114 valence electrons. The predicted octanol–water partition coefficient (Wildman–Crippen LogP) is -0.225. The third kappa shape index (κ3) is 5.53. The summed E-state index contributed by atoms with van der Waals surface area (Å²) in [6.45, 7) is -1.64. The van der Waals surface area contributed by atoms with Crippen LogP contribution in [0.3, 0.4) is 0 Å². The van der Waals surface area contributed by atoms with Gasteiger partial charge in [-0.05, 0) is 12.1 Å². The van der Waals surface area contributed by atoms with Crippen LogP contribution in [-0.4, -0.2) is 47.4 Å². The van der Waals surface area contributed by atoms with Crippen LogP contribution in [0.5, 0.6) is 0 Å². The third-order valence-electron chi connectivity index (χ3n) is 2.33. The lowest BCUT2D eigenvalue weighted by atomic mass is 10.3. The normalized spacial score (nSPS) is 10.4. The molecule has 9 heteroatoms. The number of carboxylic acids is 1. The molecular formula is C12H13F2N3O4. The van der Waals surface area contributed by atoms with Gasteiger partial charge in [0.1, 0.15) is 17.3 Å². The van der Waals surface area contributed by atoms with Gasteiger partial charge in [0.2, 0.25) is 11.8 Å². The average molecular weight is 301 g/mol. The number of carboxylic acid groups (broad SMARTS) is 1. The molecule has 0 atom stereocenters. The Morgan fingerprint density at radius 1 is 1.14 bits per heavy atom. The summed E-state index contributed by atoms with van der Waals surface area (Å²) in [7, 11) is 0. The molecule has 0 heterocycles. The van der Waals surface area contributed by atoms with E-state index in [1.165, 1.54) is 0 Å². The van der Waals surface area contributed by atoms with Gasteiger partial charge in [0.05, 0.1) is 19.6 Å². The Morgan fingerprint density at radius 3 is 2.19 bits per heavy atom. The molecular weight excluding hydrogens is 288 g/mol. The molecule has 0 aliphatic heterocycles. The average Bonchev–Trinajstić information content (AvgIpc) is 2.32. The van der Waals surface area contributed by atoms with Crippen molar-refractivity contribution in [1.29, 1.82) is 0 Å². The summed E-state index contributed by atoms with van der Waals surface area (Å²) in [6, 6.07) is 3.04. The van der Waals surface area contributed by atoms with E-state index in [1.54, 1.807) is 0 Å². The van der Waals surface area contributed by atoms with Crippen LogP contribution < -0.4 is 11.1 Å². The number of nitrogens with zero attached hydrogens (tertiary/aromatic N) is 1. The lowest BCUT2D eigenvalue weighted by Crippen LogP contribution is -2.42. The predicted molar refractivity (Wildman–Crippen MR) is 68.3 cm³/mol. The maximum atomic E-state index is 13.3. The number of halogens is 2. The first-order chi connectivity index (χ1) is 9.79. The van der Waals surface area contributed by atoms with Gasteiger partial charge in [-0.1, -0.05) is 6.07 Å². The molecule has 21 heavy (non-hydrogen) atoms. The molecule has 0 spiro atoms. The Balaban J connectivity index is 2.73. The van der Waals surface area contributed by atoms with Crippen molar-refractivity contribution in [3.05, 3.63) is 29.8 Å². The number of primary amides is 1. The van der Waals surface area contributed by atoms with Crippen molar-refractivity contribution < 1.29 is 28.3 Å². The molecule has 2 amide bonds. The summed E-state index contributed by atoms with van der Waals surface area (Å²) >= 11 is 0. The minimum Gasteiger partial charge on any atom is -0.480 e. The standard InChI is InChI=1S/C12H13F2N3O4/c13-7-2-1-3-8(14)12(7)16-10(19)5-17(4-9(15)18)6-11(20)21/h1-3H,4-6H2,(H2,15,18)(H,16,19)(H,20,21). The van der Waals surface area contributed by atoms with E-state index < -0.39 is 54.7 Å². The molecule has 0 aromatic heterocycles. The Kier molecular flexibility index (Phi) is 5.73. The molecule has 0 fully saturated rings. The van der Waals surface area contributed by atoms with Gasteiger partial charge >= 0.3 is 5.97 Å². The summed E-state index contributed by atoms with van der Waals surface area (Å²) in [5.74, 6) is -4.92. The number of para-hydroxylation sites is 1. The minimum atomic E-state index is -1.28. The molecule has 0 unspecified atom stereocenters. The van der Waals surface area contributed by atoms with Crippen molar-refractivity contribution in [1.82, 2.24) is 4.90 Å². The number of carbonyl (C=O) groups excluding carboxylic acids is 2. The van der Waals surface area contributed by atoms with Crippen molar-refractivity contribution in [2.75, 3.05) is 25.0 Å². The topological polar surface area (TPSA) is 113 Å². The van der Waals surface area contributed by atoms with Crippen LogP contribution in [0.25, 0.3) is 0 Å². The van der Waals surface area contributed by atoms with Crippen molar-refractivity contribution in [2.45, 2.75) is 0 Å². The fourth-order valence-corrected chi connectivity index (χ4v) is 1.58. The van der Waals surface area contributed by atoms with E-state index in [0.29, 0.717) is 0 Å². The van der Waals surface area contributed by atoms with Gasteiger partial charge in [0.25, 0.3) is 0 Å². The van der Waals surface area contributed by atoms with E-state index in [9.17, 15) is 23.2 Å². The Labute approximate surface area is 118 Å². The summed E-state index contributed by atoms with van der Waals surface area (Å²) in [4.78, 5) is 34.0.